The molecule has 1 aliphatic rings. The average molecular weight is 330 g/mol. The molecule has 1 amide bonds. The van der Waals surface area contributed by atoms with Gasteiger partial charge in [-0.2, -0.15) is 0 Å². The maximum atomic E-state index is 12.0. The molecule has 0 saturated carbocycles. The van der Waals surface area contributed by atoms with E-state index in [1.54, 1.807) is 23.7 Å². The Morgan fingerprint density at radius 2 is 2.43 bits per heavy atom. The van der Waals surface area contributed by atoms with Crippen molar-refractivity contribution >= 4 is 23.0 Å². The normalized spacial score (nSPS) is 16.7. The van der Waals surface area contributed by atoms with Crippen LogP contribution >= 0.6 is 11.3 Å². The lowest BCUT2D eigenvalue weighted by atomic mass is 10.1. The van der Waals surface area contributed by atoms with Gasteiger partial charge >= 0.3 is 0 Å². The summed E-state index contributed by atoms with van der Waals surface area (Å²) < 4.78 is 0. The number of pyridine rings is 1. The molecular formula is C16H18N4O2S. The zero-order valence-corrected chi connectivity index (χ0v) is 13.7. The lowest BCUT2D eigenvalue weighted by molar-refractivity contribution is -0.131. The van der Waals surface area contributed by atoms with Crippen LogP contribution in [0.25, 0.3) is 10.6 Å². The Morgan fingerprint density at radius 1 is 1.52 bits per heavy atom. The van der Waals surface area contributed by atoms with Crippen molar-refractivity contribution in [2.75, 3.05) is 6.54 Å². The van der Waals surface area contributed by atoms with Gasteiger partial charge in [0.2, 0.25) is 6.10 Å². The van der Waals surface area contributed by atoms with Crippen molar-refractivity contribution in [1.82, 2.24) is 15.3 Å². The lowest BCUT2D eigenvalue weighted by Crippen LogP contribution is -2.35. The fourth-order valence-electron chi connectivity index (χ4n) is 2.25. The van der Waals surface area contributed by atoms with Crippen molar-refractivity contribution in [1.29, 1.82) is 0 Å². The van der Waals surface area contributed by atoms with Gasteiger partial charge in [-0.15, -0.1) is 11.3 Å². The first-order valence-corrected chi connectivity index (χ1v) is 8.48. The van der Waals surface area contributed by atoms with Crippen molar-refractivity contribution in [3.8, 4) is 10.6 Å². The molecule has 0 aromatic carbocycles. The van der Waals surface area contributed by atoms with Crippen molar-refractivity contribution < 1.29 is 9.63 Å². The van der Waals surface area contributed by atoms with E-state index in [0.29, 0.717) is 19.4 Å². The van der Waals surface area contributed by atoms with Crippen LogP contribution in [0.15, 0.2) is 35.1 Å². The number of carbonyl (C=O) groups excluding carboxylic acids is 1. The number of hydrogen-bond donors (Lipinski definition) is 1. The second kappa shape index (κ2) is 7.32. The first kappa shape index (κ1) is 15.6. The molecule has 23 heavy (non-hydrogen) atoms. The Balaban J connectivity index is 1.46. The Bertz CT molecular complexity index is 699. The minimum absolute atomic E-state index is 0.111. The second-order valence-corrected chi connectivity index (χ2v) is 6.09. The van der Waals surface area contributed by atoms with Gasteiger partial charge in [-0.1, -0.05) is 12.1 Å². The Labute approximate surface area is 138 Å². The van der Waals surface area contributed by atoms with E-state index >= 15 is 0 Å². The van der Waals surface area contributed by atoms with Crippen molar-refractivity contribution in [2.45, 2.75) is 32.3 Å². The summed E-state index contributed by atoms with van der Waals surface area (Å²) in [7, 11) is 0. The summed E-state index contributed by atoms with van der Waals surface area (Å²) in [5, 5.41) is 9.74. The largest absolute Gasteiger partial charge is 0.382 e. The molecule has 0 radical (unpaired) electrons. The number of rotatable bonds is 6. The van der Waals surface area contributed by atoms with E-state index in [1.165, 1.54) is 0 Å². The molecule has 0 saturated heterocycles. The smallest absolute Gasteiger partial charge is 0.264 e. The molecule has 7 heteroatoms. The fraction of sp³-hybridized carbons (Fsp3) is 0.375. The highest BCUT2D eigenvalue weighted by Crippen LogP contribution is 2.22. The highest BCUT2D eigenvalue weighted by molar-refractivity contribution is 7.13. The molecule has 1 atom stereocenters. The summed E-state index contributed by atoms with van der Waals surface area (Å²) in [4.78, 5) is 25.8. The predicted molar refractivity (Wildman–Crippen MR) is 89.3 cm³/mol. The summed E-state index contributed by atoms with van der Waals surface area (Å²) in [6.45, 7) is 2.54. The van der Waals surface area contributed by atoms with Gasteiger partial charge in [0.1, 0.15) is 5.01 Å². The molecule has 3 heterocycles. The van der Waals surface area contributed by atoms with Crippen LogP contribution in [0.5, 0.6) is 0 Å². The zero-order chi connectivity index (χ0) is 16.1. The SMILES string of the molecule is CCC1=NO[C@@H](C(=O)NCCc2csc(-c3cccnc3)n2)C1. The molecule has 0 fully saturated rings. The average Bonchev–Trinajstić information content (AvgIpc) is 3.25. The summed E-state index contributed by atoms with van der Waals surface area (Å²) in [5.74, 6) is -0.111. The molecule has 120 valence electrons. The fourth-order valence-corrected chi connectivity index (χ4v) is 3.09. The van der Waals surface area contributed by atoms with E-state index in [9.17, 15) is 4.79 Å². The number of carbonyl (C=O) groups is 1. The number of nitrogens with one attached hydrogen (secondary N) is 1. The van der Waals surface area contributed by atoms with Gasteiger partial charge in [-0.05, 0) is 18.6 Å². The maximum Gasteiger partial charge on any atom is 0.264 e. The second-order valence-electron chi connectivity index (χ2n) is 5.24. The van der Waals surface area contributed by atoms with Crippen LogP contribution in [0.1, 0.15) is 25.5 Å². The van der Waals surface area contributed by atoms with Gasteiger partial charge in [-0.3, -0.25) is 9.78 Å². The van der Waals surface area contributed by atoms with Gasteiger partial charge in [0, 0.05) is 42.7 Å². The molecule has 0 unspecified atom stereocenters. The summed E-state index contributed by atoms with van der Waals surface area (Å²) in [6.07, 6.45) is 5.16. The minimum atomic E-state index is -0.480. The van der Waals surface area contributed by atoms with Crippen LogP contribution in [0, 0.1) is 0 Å². The quantitative estimate of drug-likeness (QED) is 0.882. The Morgan fingerprint density at radius 3 is 3.17 bits per heavy atom. The lowest BCUT2D eigenvalue weighted by Gasteiger charge is -2.08. The third kappa shape index (κ3) is 3.92. The highest BCUT2D eigenvalue weighted by Gasteiger charge is 2.26. The third-order valence-corrected chi connectivity index (χ3v) is 4.51. The van der Waals surface area contributed by atoms with Crippen LogP contribution in [-0.4, -0.2) is 34.2 Å². The summed E-state index contributed by atoms with van der Waals surface area (Å²) in [5.41, 5.74) is 2.91. The van der Waals surface area contributed by atoms with Crippen LogP contribution in [0.2, 0.25) is 0 Å². The number of hydrogen-bond acceptors (Lipinski definition) is 6. The van der Waals surface area contributed by atoms with Gasteiger partial charge in [-0.25, -0.2) is 4.98 Å². The van der Waals surface area contributed by atoms with Crippen LogP contribution in [0.3, 0.4) is 0 Å². The molecule has 0 spiro atoms. The molecule has 1 aliphatic heterocycles. The van der Waals surface area contributed by atoms with Gasteiger partial charge in [0.05, 0.1) is 11.4 Å². The predicted octanol–water partition coefficient (Wildman–Crippen LogP) is 2.42. The standard InChI is InChI=1S/C16H18N4O2S/c1-2-12-8-14(22-20-12)15(21)18-7-5-13-10-23-16(19-13)11-4-3-6-17-9-11/h3-4,6,9-10,14H,2,5,7-8H2,1H3,(H,18,21)/t14-/m1/s1. The first-order valence-electron chi connectivity index (χ1n) is 7.60. The summed E-state index contributed by atoms with van der Waals surface area (Å²) >= 11 is 1.58. The third-order valence-electron chi connectivity index (χ3n) is 3.57. The van der Waals surface area contributed by atoms with Crippen LogP contribution < -0.4 is 5.32 Å². The molecule has 6 nitrogen and oxygen atoms in total. The Kier molecular flexibility index (Phi) is 4.97. The van der Waals surface area contributed by atoms with Crippen LogP contribution in [0.4, 0.5) is 0 Å². The number of oxime groups is 1. The molecule has 0 bridgehead atoms. The maximum absolute atomic E-state index is 12.0. The van der Waals surface area contributed by atoms with E-state index in [2.05, 4.69) is 20.4 Å². The number of nitrogens with zero attached hydrogens (tertiary/aromatic N) is 3. The number of thiazole rings is 1. The number of aromatic nitrogens is 2. The van der Waals surface area contributed by atoms with E-state index in [-0.39, 0.29) is 5.91 Å². The van der Waals surface area contributed by atoms with Crippen LogP contribution in [-0.2, 0) is 16.1 Å². The number of amides is 1. The van der Waals surface area contributed by atoms with Gasteiger partial charge in [0.15, 0.2) is 0 Å². The minimum Gasteiger partial charge on any atom is -0.382 e. The molecule has 2 aromatic heterocycles. The van der Waals surface area contributed by atoms with E-state index in [4.69, 9.17) is 4.84 Å². The first-order chi connectivity index (χ1) is 11.3. The van der Waals surface area contributed by atoms with Crippen molar-refractivity contribution in [2.24, 2.45) is 5.16 Å². The van der Waals surface area contributed by atoms with E-state index in [1.807, 2.05) is 24.4 Å². The van der Waals surface area contributed by atoms with E-state index < -0.39 is 6.10 Å². The zero-order valence-electron chi connectivity index (χ0n) is 12.9. The molecule has 2 aromatic rings. The monoisotopic (exact) mass is 330 g/mol. The molecule has 1 N–H and O–H groups in total. The van der Waals surface area contributed by atoms with Gasteiger partial charge in [0.25, 0.3) is 5.91 Å². The highest BCUT2D eigenvalue weighted by atomic mass is 32.1. The van der Waals surface area contributed by atoms with E-state index in [0.717, 1.165) is 28.4 Å². The summed E-state index contributed by atoms with van der Waals surface area (Å²) in [6, 6.07) is 3.88. The van der Waals surface area contributed by atoms with Crippen molar-refractivity contribution in [3.63, 3.8) is 0 Å². The topological polar surface area (TPSA) is 76.5 Å². The molecule has 3 rings (SSSR count). The van der Waals surface area contributed by atoms with Gasteiger partial charge < -0.3 is 10.2 Å². The Hall–Kier alpha value is -2.28. The van der Waals surface area contributed by atoms with Crippen molar-refractivity contribution in [3.05, 3.63) is 35.6 Å². The molecular weight excluding hydrogens is 312 g/mol. The molecule has 0 aliphatic carbocycles.